The van der Waals surface area contributed by atoms with E-state index >= 15 is 0 Å². The Morgan fingerprint density at radius 1 is 0.966 bits per heavy atom. The summed E-state index contributed by atoms with van der Waals surface area (Å²) >= 11 is 0. The number of fused-ring (bicyclic) bond motifs is 1. The lowest BCUT2D eigenvalue weighted by Gasteiger charge is -2.11. The van der Waals surface area contributed by atoms with Crippen LogP contribution in [0.1, 0.15) is 17.0 Å². The van der Waals surface area contributed by atoms with Crippen molar-refractivity contribution in [2.24, 2.45) is 0 Å². The van der Waals surface area contributed by atoms with Crippen molar-refractivity contribution in [3.63, 3.8) is 0 Å². The molecule has 1 heterocycles. The summed E-state index contributed by atoms with van der Waals surface area (Å²) in [6.45, 7) is 4.48. The van der Waals surface area contributed by atoms with Gasteiger partial charge in [0.1, 0.15) is 24.7 Å². The van der Waals surface area contributed by atoms with Crippen molar-refractivity contribution >= 4 is 22.6 Å². The highest BCUT2D eigenvalue weighted by atomic mass is 16.5. The first-order valence-electron chi connectivity index (χ1n) is 9.58. The number of anilines is 1. The van der Waals surface area contributed by atoms with E-state index in [2.05, 4.69) is 10.3 Å². The van der Waals surface area contributed by atoms with Gasteiger partial charge in [0.15, 0.2) is 0 Å². The van der Waals surface area contributed by atoms with Crippen LogP contribution >= 0.6 is 0 Å². The third kappa shape index (κ3) is 4.46. The van der Waals surface area contributed by atoms with Gasteiger partial charge in [0.05, 0.1) is 11.0 Å². The summed E-state index contributed by atoms with van der Waals surface area (Å²) in [5.41, 5.74) is 4.78. The van der Waals surface area contributed by atoms with Crippen LogP contribution < -0.4 is 10.1 Å². The van der Waals surface area contributed by atoms with Crippen LogP contribution in [0.4, 0.5) is 5.69 Å². The van der Waals surface area contributed by atoms with Gasteiger partial charge in [-0.15, -0.1) is 0 Å². The van der Waals surface area contributed by atoms with E-state index < -0.39 is 0 Å². The predicted molar refractivity (Wildman–Crippen MR) is 115 cm³/mol. The molecule has 0 bridgehead atoms. The van der Waals surface area contributed by atoms with Crippen LogP contribution in [0.2, 0.25) is 0 Å². The zero-order valence-corrected chi connectivity index (χ0v) is 16.6. The maximum absolute atomic E-state index is 12.7. The minimum atomic E-state index is -0.101. The van der Waals surface area contributed by atoms with E-state index in [1.54, 1.807) is 0 Å². The van der Waals surface area contributed by atoms with Crippen LogP contribution in [-0.4, -0.2) is 15.5 Å². The SMILES string of the molecule is Cc1cccc(NC(=O)Cn2c(COc3cccc(C)c3)nc3ccccc32)c1. The Labute approximate surface area is 170 Å². The number of hydrogen-bond donors (Lipinski definition) is 1. The van der Waals surface area contributed by atoms with E-state index in [4.69, 9.17) is 4.74 Å². The molecule has 146 valence electrons. The van der Waals surface area contributed by atoms with Gasteiger partial charge in [0.2, 0.25) is 5.91 Å². The molecule has 5 heteroatoms. The van der Waals surface area contributed by atoms with Crippen molar-refractivity contribution in [2.45, 2.75) is 27.0 Å². The summed E-state index contributed by atoms with van der Waals surface area (Å²) in [4.78, 5) is 17.4. The van der Waals surface area contributed by atoms with Crippen molar-refractivity contribution in [3.05, 3.63) is 89.7 Å². The Hall–Kier alpha value is -3.60. The van der Waals surface area contributed by atoms with Gasteiger partial charge in [-0.05, 0) is 61.4 Å². The molecule has 1 aromatic heterocycles. The molecule has 0 atom stereocenters. The average Bonchev–Trinajstić information content (AvgIpc) is 3.04. The first-order chi connectivity index (χ1) is 14.1. The monoisotopic (exact) mass is 385 g/mol. The van der Waals surface area contributed by atoms with Crippen LogP contribution in [0.5, 0.6) is 5.75 Å². The fourth-order valence-corrected chi connectivity index (χ4v) is 3.33. The van der Waals surface area contributed by atoms with Gasteiger partial charge in [-0.1, -0.05) is 36.4 Å². The number of aromatic nitrogens is 2. The molecule has 1 amide bonds. The van der Waals surface area contributed by atoms with Crippen molar-refractivity contribution in [1.82, 2.24) is 9.55 Å². The Morgan fingerprint density at radius 2 is 1.72 bits per heavy atom. The number of nitrogens with one attached hydrogen (secondary N) is 1. The summed E-state index contributed by atoms with van der Waals surface area (Å²) in [6, 6.07) is 23.5. The number of nitrogens with zero attached hydrogens (tertiary/aromatic N) is 2. The second-order valence-corrected chi connectivity index (χ2v) is 7.13. The highest BCUT2D eigenvalue weighted by Gasteiger charge is 2.14. The third-order valence-electron chi connectivity index (χ3n) is 4.69. The van der Waals surface area contributed by atoms with E-state index in [0.29, 0.717) is 5.82 Å². The molecule has 0 aliphatic rings. The normalized spacial score (nSPS) is 10.8. The average molecular weight is 385 g/mol. The molecule has 0 radical (unpaired) electrons. The second-order valence-electron chi connectivity index (χ2n) is 7.13. The number of hydrogen-bond acceptors (Lipinski definition) is 3. The van der Waals surface area contributed by atoms with E-state index in [9.17, 15) is 4.79 Å². The number of aryl methyl sites for hydroxylation is 2. The van der Waals surface area contributed by atoms with Gasteiger partial charge >= 0.3 is 0 Å². The Kier molecular flexibility index (Phi) is 5.29. The van der Waals surface area contributed by atoms with Gasteiger partial charge in [0.25, 0.3) is 0 Å². The molecule has 0 spiro atoms. The lowest BCUT2D eigenvalue weighted by atomic mass is 10.2. The fraction of sp³-hybridized carbons (Fsp3) is 0.167. The second kappa shape index (κ2) is 8.19. The van der Waals surface area contributed by atoms with E-state index in [-0.39, 0.29) is 19.1 Å². The first-order valence-corrected chi connectivity index (χ1v) is 9.58. The summed E-state index contributed by atoms with van der Waals surface area (Å²) in [5.74, 6) is 1.40. The summed E-state index contributed by atoms with van der Waals surface area (Å²) < 4.78 is 7.86. The molecule has 0 aliphatic carbocycles. The van der Waals surface area contributed by atoms with Crippen molar-refractivity contribution < 1.29 is 9.53 Å². The maximum Gasteiger partial charge on any atom is 0.244 e. The number of benzene rings is 3. The standard InChI is InChI=1S/C24H23N3O2/c1-17-7-5-9-19(13-17)25-24(28)15-27-22-12-4-3-11-21(22)26-23(27)16-29-20-10-6-8-18(2)14-20/h3-14H,15-16H2,1-2H3,(H,25,28). The topological polar surface area (TPSA) is 56.2 Å². The van der Waals surface area contributed by atoms with Crippen LogP contribution in [0.25, 0.3) is 11.0 Å². The van der Waals surface area contributed by atoms with Gasteiger partial charge in [-0.2, -0.15) is 0 Å². The molecule has 0 aliphatic heterocycles. The summed E-state index contributed by atoms with van der Waals surface area (Å²) in [6.07, 6.45) is 0. The van der Waals surface area contributed by atoms with Gasteiger partial charge in [0, 0.05) is 5.69 Å². The van der Waals surface area contributed by atoms with Crippen LogP contribution in [0, 0.1) is 13.8 Å². The largest absolute Gasteiger partial charge is 0.486 e. The smallest absolute Gasteiger partial charge is 0.244 e. The third-order valence-corrected chi connectivity index (χ3v) is 4.69. The number of carbonyl (C=O) groups excluding carboxylic acids is 1. The summed E-state index contributed by atoms with van der Waals surface area (Å²) in [5, 5.41) is 2.97. The number of amides is 1. The minimum absolute atomic E-state index is 0.101. The zero-order valence-electron chi connectivity index (χ0n) is 16.6. The molecule has 0 saturated heterocycles. The van der Waals surface area contributed by atoms with E-state index in [1.807, 2.05) is 91.2 Å². The highest BCUT2D eigenvalue weighted by Crippen LogP contribution is 2.19. The lowest BCUT2D eigenvalue weighted by Crippen LogP contribution is -2.20. The van der Waals surface area contributed by atoms with Crippen molar-refractivity contribution in [1.29, 1.82) is 0 Å². The molecule has 0 unspecified atom stereocenters. The maximum atomic E-state index is 12.7. The number of imidazole rings is 1. The Balaban J connectivity index is 1.57. The predicted octanol–water partition coefficient (Wildman–Crippen LogP) is 4.87. The number of ether oxygens (including phenoxy) is 1. The molecule has 0 saturated carbocycles. The van der Waals surface area contributed by atoms with Crippen molar-refractivity contribution in [3.8, 4) is 5.75 Å². The molecule has 4 aromatic rings. The van der Waals surface area contributed by atoms with Gasteiger partial charge < -0.3 is 14.6 Å². The van der Waals surface area contributed by atoms with Gasteiger partial charge in [-0.3, -0.25) is 4.79 Å². The molecular formula is C24H23N3O2. The van der Waals surface area contributed by atoms with E-state index in [1.165, 1.54) is 0 Å². The fourth-order valence-electron chi connectivity index (χ4n) is 3.33. The Bertz CT molecular complexity index is 1160. The minimum Gasteiger partial charge on any atom is -0.486 e. The Morgan fingerprint density at radius 3 is 2.52 bits per heavy atom. The highest BCUT2D eigenvalue weighted by molar-refractivity contribution is 5.91. The molecule has 3 aromatic carbocycles. The summed E-state index contributed by atoms with van der Waals surface area (Å²) in [7, 11) is 0. The van der Waals surface area contributed by atoms with Crippen LogP contribution in [0.3, 0.4) is 0 Å². The molecule has 0 fully saturated rings. The van der Waals surface area contributed by atoms with Crippen LogP contribution in [0.15, 0.2) is 72.8 Å². The zero-order chi connectivity index (χ0) is 20.2. The number of rotatable bonds is 6. The van der Waals surface area contributed by atoms with Crippen molar-refractivity contribution in [2.75, 3.05) is 5.32 Å². The van der Waals surface area contributed by atoms with Gasteiger partial charge in [-0.25, -0.2) is 4.98 Å². The lowest BCUT2D eigenvalue weighted by molar-refractivity contribution is -0.116. The molecule has 5 nitrogen and oxygen atoms in total. The quantitative estimate of drug-likeness (QED) is 0.515. The molecule has 29 heavy (non-hydrogen) atoms. The molecular weight excluding hydrogens is 362 g/mol. The van der Waals surface area contributed by atoms with E-state index in [0.717, 1.165) is 33.6 Å². The number of para-hydroxylation sites is 2. The molecule has 4 rings (SSSR count). The first kappa shape index (κ1) is 18.7. The number of carbonyl (C=O) groups is 1. The molecule has 1 N–H and O–H groups in total. The van der Waals surface area contributed by atoms with Crippen LogP contribution in [-0.2, 0) is 17.9 Å².